The molecule has 0 aliphatic carbocycles. The van der Waals surface area contributed by atoms with Crippen LogP contribution >= 0.6 is 0 Å². The van der Waals surface area contributed by atoms with E-state index in [0.29, 0.717) is 5.88 Å². The zero-order valence-corrected chi connectivity index (χ0v) is 12.6. The molecule has 3 rings (SSSR count). The van der Waals surface area contributed by atoms with Crippen molar-refractivity contribution in [2.75, 3.05) is 7.11 Å². The molecule has 0 bridgehead atoms. The van der Waals surface area contributed by atoms with Gasteiger partial charge in [-0.15, -0.1) is 0 Å². The zero-order valence-electron chi connectivity index (χ0n) is 12.6. The van der Waals surface area contributed by atoms with Crippen LogP contribution in [0, 0.1) is 0 Å². The van der Waals surface area contributed by atoms with E-state index in [1.165, 1.54) is 4.68 Å². The summed E-state index contributed by atoms with van der Waals surface area (Å²) >= 11 is 0. The number of rotatable bonds is 5. The Balaban J connectivity index is 1.93. The molecule has 2 aromatic heterocycles. The third-order valence-corrected chi connectivity index (χ3v) is 3.35. The van der Waals surface area contributed by atoms with Crippen molar-refractivity contribution < 1.29 is 9.53 Å². The molecule has 23 heavy (non-hydrogen) atoms. The number of primary amides is 1. The molecule has 0 aliphatic heterocycles. The highest BCUT2D eigenvalue weighted by molar-refractivity contribution is 5.73. The molecule has 0 radical (unpaired) electrons. The highest BCUT2D eigenvalue weighted by Gasteiger charge is 2.07. The number of amides is 1. The van der Waals surface area contributed by atoms with Gasteiger partial charge in [-0.25, -0.2) is 4.98 Å². The smallest absolute Gasteiger partial charge is 0.239 e. The van der Waals surface area contributed by atoms with Gasteiger partial charge < -0.3 is 10.5 Å². The Labute approximate surface area is 133 Å². The number of methoxy groups -OCH3 is 1. The van der Waals surface area contributed by atoms with Gasteiger partial charge in [0.15, 0.2) is 0 Å². The molecule has 6 nitrogen and oxygen atoms in total. The lowest BCUT2D eigenvalue weighted by Gasteiger charge is -2.05. The third-order valence-electron chi connectivity index (χ3n) is 3.35. The number of pyridine rings is 1. The molecule has 3 aromatic rings. The summed E-state index contributed by atoms with van der Waals surface area (Å²) in [5.41, 5.74) is 8.68. The monoisotopic (exact) mass is 308 g/mol. The second-order valence-electron chi connectivity index (χ2n) is 5.01. The van der Waals surface area contributed by atoms with Gasteiger partial charge in [0.05, 0.1) is 18.5 Å². The van der Waals surface area contributed by atoms with E-state index in [4.69, 9.17) is 10.5 Å². The number of carbonyl (C=O) groups excluding carboxylic acids is 1. The van der Waals surface area contributed by atoms with Crippen molar-refractivity contribution in [3.63, 3.8) is 0 Å². The van der Waals surface area contributed by atoms with Gasteiger partial charge in [-0.3, -0.25) is 9.48 Å². The van der Waals surface area contributed by atoms with E-state index in [9.17, 15) is 4.79 Å². The van der Waals surface area contributed by atoms with Gasteiger partial charge in [0.2, 0.25) is 11.8 Å². The lowest BCUT2D eigenvalue weighted by Crippen LogP contribution is -2.18. The first-order chi connectivity index (χ1) is 11.2. The van der Waals surface area contributed by atoms with Gasteiger partial charge in [-0.2, -0.15) is 5.10 Å². The molecule has 0 unspecified atom stereocenters. The van der Waals surface area contributed by atoms with Crippen molar-refractivity contribution in [1.82, 2.24) is 14.8 Å². The minimum Gasteiger partial charge on any atom is -0.481 e. The summed E-state index contributed by atoms with van der Waals surface area (Å²) in [6, 6.07) is 15.4. The van der Waals surface area contributed by atoms with Crippen molar-refractivity contribution in [3.8, 4) is 28.4 Å². The summed E-state index contributed by atoms with van der Waals surface area (Å²) in [4.78, 5) is 15.4. The van der Waals surface area contributed by atoms with Crippen molar-refractivity contribution in [2.24, 2.45) is 5.73 Å². The minimum absolute atomic E-state index is 0.0666. The number of benzene rings is 1. The van der Waals surface area contributed by atoms with Crippen LogP contribution in [0.4, 0.5) is 0 Å². The summed E-state index contributed by atoms with van der Waals surface area (Å²) in [5, 5.41) is 4.36. The average Bonchev–Trinajstić information content (AvgIpc) is 3.03. The first-order valence-corrected chi connectivity index (χ1v) is 7.09. The standard InChI is InChI=1S/C17H16N4O2/c1-23-17-7-3-6-14(19-17)12-4-2-5-13(10-12)15-8-9-21(20-15)11-16(18)22/h2-10H,11H2,1H3,(H2,18,22). The van der Waals surface area contributed by atoms with E-state index in [1.807, 2.05) is 42.5 Å². The molecule has 1 aromatic carbocycles. The van der Waals surface area contributed by atoms with E-state index >= 15 is 0 Å². The Morgan fingerprint density at radius 2 is 1.87 bits per heavy atom. The Kier molecular flexibility index (Phi) is 4.05. The largest absolute Gasteiger partial charge is 0.481 e. The fourth-order valence-corrected chi connectivity index (χ4v) is 2.29. The summed E-state index contributed by atoms with van der Waals surface area (Å²) in [7, 11) is 1.59. The highest BCUT2D eigenvalue weighted by Crippen LogP contribution is 2.25. The van der Waals surface area contributed by atoms with Crippen LogP contribution in [0.25, 0.3) is 22.5 Å². The van der Waals surface area contributed by atoms with Crippen molar-refractivity contribution in [1.29, 1.82) is 0 Å². The maximum absolute atomic E-state index is 11.0. The Bertz CT molecular complexity index is 842. The van der Waals surface area contributed by atoms with Crippen LogP contribution < -0.4 is 10.5 Å². The Morgan fingerprint density at radius 3 is 2.61 bits per heavy atom. The van der Waals surface area contributed by atoms with E-state index in [2.05, 4.69) is 10.1 Å². The maximum atomic E-state index is 11.0. The topological polar surface area (TPSA) is 83.0 Å². The van der Waals surface area contributed by atoms with Crippen LogP contribution in [0.3, 0.4) is 0 Å². The van der Waals surface area contributed by atoms with Crippen molar-refractivity contribution in [2.45, 2.75) is 6.54 Å². The lowest BCUT2D eigenvalue weighted by atomic mass is 10.1. The third kappa shape index (κ3) is 3.37. The molecule has 0 aliphatic rings. The fourth-order valence-electron chi connectivity index (χ4n) is 2.29. The highest BCUT2D eigenvalue weighted by atomic mass is 16.5. The average molecular weight is 308 g/mol. The minimum atomic E-state index is -0.422. The van der Waals surface area contributed by atoms with E-state index < -0.39 is 5.91 Å². The molecular weight excluding hydrogens is 292 g/mol. The van der Waals surface area contributed by atoms with Gasteiger partial charge in [0.1, 0.15) is 6.54 Å². The first-order valence-electron chi connectivity index (χ1n) is 7.09. The number of carbonyl (C=O) groups is 1. The molecule has 0 saturated heterocycles. The van der Waals surface area contributed by atoms with E-state index in [0.717, 1.165) is 22.5 Å². The first kappa shape index (κ1) is 14.8. The van der Waals surface area contributed by atoms with Gasteiger partial charge in [0, 0.05) is 23.4 Å². The molecule has 6 heteroatoms. The number of hydrogen-bond donors (Lipinski definition) is 1. The fraction of sp³-hybridized carbons (Fsp3) is 0.118. The lowest BCUT2D eigenvalue weighted by molar-refractivity contribution is -0.118. The van der Waals surface area contributed by atoms with Crippen LogP contribution in [0.5, 0.6) is 5.88 Å². The molecule has 2 N–H and O–H groups in total. The quantitative estimate of drug-likeness (QED) is 0.782. The van der Waals surface area contributed by atoms with Gasteiger partial charge in [-0.05, 0) is 18.2 Å². The predicted octanol–water partition coefficient (Wildman–Crippen LogP) is 2.11. The summed E-state index contributed by atoms with van der Waals surface area (Å²) in [6.07, 6.45) is 1.73. The van der Waals surface area contributed by atoms with Crippen LogP contribution in [0.2, 0.25) is 0 Å². The molecular formula is C17H16N4O2. The molecule has 0 fully saturated rings. The van der Waals surface area contributed by atoms with Crippen LogP contribution in [0.15, 0.2) is 54.7 Å². The zero-order chi connectivity index (χ0) is 16.2. The summed E-state index contributed by atoms with van der Waals surface area (Å²) in [5.74, 6) is 0.146. The van der Waals surface area contributed by atoms with Crippen LogP contribution in [-0.2, 0) is 11.3 Å². The van der Waals surface area contributed by atoms with E-state index in [-0.39, 0.29) is 6.54 Å². The number of ether oxygens (including phenoxy) is 1. The normalized spacial score (nSPS) is 10.5. The van der Waals surface area contributed by atoms with Gasteiger partial charge in [0.25, 0.3) is 0 Å². The maximum Gasteiger partial charge on any atom is 0.239 e. The van der Waals surface area contributed by atoms with Crippen molar-refractivity contribution in [3.05, 3.63) is 54.7 Å². The van der Waals surface area contributed by atoms with Gasteiger partial charge >= 0.3 is 0 Å². The number of hydrogen-bond acceptors (Lipinski definition) is 4. The van der Waals surface area contributed by atoms with Crippen LogP contribution in [-0.4, -0.2) is 27.8 Å². The van der Waals surface area contributed by atoms with Crippen molar-refractivity contribution >= 4 is 5.91 Å². The number of nitrogens with zero attached hydrogens (tertiary/aromatic N) is 3. The number of nitrogens with two attached hydrogens (primary N) is 1. The SMILES string of the molecule is COc1cccc(-c2cccc(-c3ccn(CC(N)=O)n3)c2)n1. The van der Waals surface area contributed by atoms with Gasteiger partial charge in [-0.1, -0.05) is 24.3 Å². The number of aromatic nitrogens is 3. The molecule has 2 heterocycles. The molecule has 0 atom stereocenters. The van der Waals surface area contributed by atoms with Crippen LogP contribution in [0.1, 0.15) is 0 Å². The Hall–Kier alpha value is -3.15. The molecule has 0 saturated carbocycles. The molecule has 0 spiro atoms. The molecule has 1 amide bonds. The summed E-state index contributed by atoms with van der Waals surface area (Å²) < 4.78 is 6.68. The summed E-state index contributed by atoms with van der Waals surface area (Å²) in [6.45, 7) is 0.0666. The molecule has 116 valence electrons. The Morgan fingerprint density at radius 1 is 1.13 bits per heavy atom. The van der Waals surface area contributed by atoms with E-state index in [1.54, 1.807) is 19.4 Å². The predicted molar refractivity (Wildman–Crippen MR) is 86.6 cm³/mol. The second-order valence-corrected chi connectivity index (χ2v) is 5.01. The second kappa shape index (κ2) is 6.31.